The number of aromatic carboxylic acids is 1. The van der Waals surface area contributed by atoms with E-state index in [4.69, 9.17) is 9.84 Å². The van der Waals surface area contributed by atoms with Crippen molar-refractivity contribution in [2.75, 3.05) is 6.61 Å². The second kappa shape index (κ2) is 9.44. The van der Waals surface area contributed by atoms with Crippen LogP contribution in [0.15, 0.2) is 48.5 Å². The maximum Gasteiger partial charge on any atom is 0.335 e. The van der Waals surface area contributed by atoms with E-state index in [-0.39, 0.29) is 11.6 Å². The minimum Gasteiger partial charge on any atom is -0.478 e. The van der Waals surface area contributed by atoms with Crippen molar-refractivity contribution >= 4 is 12.0 Å². The molecule has 0 radical (unpaired) electrons. The summed E-state index contributed by atoms with van der Waals surface area (Å²) in [6.07, 6.45) is 0. The van der Waals surface area contributed by atoms with Gasteiger partial charge in [-0.25, -0.2) is 9.59 Å². The normalized spacial score (nSPS) is 10.3. The first-order valence-electron chi connectivity index (χ1n) is 8.08. The van der Waals surface area contributed by atoms with Gasteiger partial charge in [-0.3, -0.25) is 0 Å². The summed E-state index contributed by atoms with van der Waals surface area (Å²) in [6, 6.07) is 13.9. The van der Waals surface area contributed by atoms with Crippen molar-refractivity contribution in [3.8, 4) is 0 Å². The number of hydrogen-bond acceptors (Lipinski definition) is 3. The van der Waals surface area contributed by atoms with Gasteiger partial charge in [0, 0.05) is 19.7 Å². The Morgan fingerprint density at radius 1 is 0.960 bits per heavy atom. The maximum absolute atomic E-state index is 11.9. The highest BCUT2D eigenvalue weighted by Gasteiger charge is 2.06. The quantitative estimate of drug-likeness (QED) is 0.688. The Bertz CT molecular complexity index is 714. The molecule has 0 spiro atoms. The summed E-state index contributed by atoms with van der Waals surface area (Å²) in [6.45, 7) is 3.84. The number of ether oxygens (including phenoxy) is 1. The van der Waals surface area contributed by atoms with Crippen LogP contribution < -0.4 is 10.6 Å². The van der Waals surface area contributed by atoms with Crippen molar-refractivity contribution in [3.05, 3.63) is 70.8 Å². The fourth-order valence-electron chi connectivity index (χ4n) is 2.27. The Balaban J connectivity index is 1.82. The lowest BCUT2D eigenvalue weighted by Gasteiger charge is -2.11. The molecule has 25 heavy (non-hydrogen) atoms. The Kier molecular flexibility index (Phi) is 6.98. The number of carbonyl (C=O) groups is 2. The lowest BCUT2D eigenvalue weighted by atomic mass is 10.1. The number of benzene rings is 2. The molecule has 0 aliphatic rings. The van der Waals surface area contributed by atoms with Gasteiger partial charge in [-0.15, -0.1) is 0 Å². The predicted octanol–water partition coefficient (Wildman–Crippen LogP) is 2.92. The average Bonchev–Trinajstić information content (AvgIpc) is 2.64. The predicted molar refractivity (Wildman–Crippen MR) is 94.2 cm³/mol. The zero-order valence-electron chi connectivity index (χ0n) is 14.1. The van der Waals surface area contributed by atoms with Crippen molar-refractivity contribution in [2.45, 2.75) is 26.6 Å². The van der Waals surface area contributed by atoms with E-state index in [9.17, 15) is 9.59 Å². The highest BCUT2D eigenvalue weighted by Crippen LogP contribution is 2.10. The molecule has 3 N–H and O–H groups in total. The number of nitrogens with one attached hydrogen (secondary N) is 2. The Morgan fingerprint density at radius 3 is 2.24 bits per heavy atom. The fourth-order valence-corrected chi connectivity index (χ4v) is 2.27. The van der Waals surface area contributed by atoms with E-state index >= 15 is 0 Å². The average molecular weight is 342 g/mol. The second-order valence-corrected chi connectivity index (χ2v) is 5.44. The molecule has 0 fully saturated rings. The number of carboxylic acids is 1. The van der Waals surface area contributed by atoms with E-state index in [0.717, 1.165) is 16.7 Å². The van der Waals surface area contributed by atoms with Gasteiger partial charge in [-0.1, -0.05) is 36.4 Å². The minimum atomic E-state index is -0.969. The number of urea groups is 1. The van der Waals surface area contributed by atoms with Crippen LogP contribution in [0.1, 0.15) is 34.0 Å². The highest BCUT2D eigenvalue weighted by atomic mass is 16.5. The fraction of sp³-hybridized carbons (Fsp3) is 0.263. The second-order valence-electron chi connectivity index (χ2n) is 5.44. The summed E-state index contributed by atoms with van der Waals surface area (Å²) in [4.78, 5) is 22.7. The van der Waals surface area contributed by atoms with Crippen LogP contribution in [0.25, 0.3) is 0 Å². The highest BCUT2D eigenvalue weighted by molar-refractivity contribution is 5.87. The lowest BCUT2D eigenvalue weighted by molar-refractivity contribution is 0.0697. The van der Waals surface area contributed by atoms with Crippen molar-refractivity contribution in [1.29, 1.82) is 0 Å². The maximum atomic E-state index is 11.9. The third-order valence-corrected chi connectivity index (χ3v) is 3.67. The van der Waals surface area contributed by atoms with Crippen LogP contribution >= 0.6 is 0 Å². The third kappa shape index (κ3) is 5.93. The van der Waals surface area contributed by atoms with Crippen LogP contribution in [0.5, 0.6) is 0 Å². The van der Waals surface area contributed by atoms with E-state index < -0.39 is 5.97 Å². The van der Waals surface area contributed by atoms with Crippen LogP contribution in [0.3, 0.4) is 0 Å². The summed E-state index contributed by atoms with van der Waals surface area (Å²) in [7, 11) is 0. The summed E-state index contributed by atoms with van der Waals surface area (Å²) in [5.41, 5.74) is 3.11. The monoisotopic (exact) mass is 342 g/mol. The van der Waals surface area contributed by atoms with Gasteiger partial charge in [0.1, 0.15) is 0 Å². The molecule has 2 amide bonds. The van der Waals surface area contributed by atoms with Crippen LogP contribution in [0.4, 0.5) is 4.79 Å². The topological polar surface area (TPSA) is 87.7 Å². The van der Waals surface area contributed by atoms with E-state index in [0.29, 0.717) is 26.3 Å². The SMILES string of the molecule is CCOCc1ccccc1CNC(=O)NCc1ccc(C(=O)O)cc1. The summed E-state index contributed by atoms with van der Waals surface area (Å²) in [5.74, 6) is -0.969. The molecule has 2 aromatic rings. The molecule has 132 valence electrons. The zero-order valence-corrected chi connectivity index (χ0v) is 14.1. The molecule has 0 heterocycles. The van der Waals surface area contributed by atoms with Gasteiger partial charge in [0.2, 0.25) is 0 Å². The molecule has 6 heteroatoms. The first-order chi connectivity index (χ1) is 12.1. The van der Waals surface area contributed by atoms with Crippen LogP contribution in [-0.2, 0) is 24.4 Å². The molecule has 2 aromatic carbocycles. The smallest absolute Gasteiger partial charge is 0.335 e. The van der Waals surface area contributed by atoms with Crippen molar-refractivity contribution in [2.24, 2.45) is 0 Å². The molecule has 0 saturated carbocycles. The molecule has 0 unspecified atom stereocenters. The van der Waals surface area contributed by atoms with Gasteiger partial charge >= 0.3 is 12.0 Å². The number of carboxylic acid groups (broad SMARTS) is 1. The first-order valence-corrected chi connectivity index (χ1v) is 8.08. The molecule has 0 bridgehead atoms. The van der Waals surface area contributed by atoms with E-state index in [2.05, 4.69) is 10.6 Å². The van der Waals surface area contributed by atoms with Crippen LogP contribution in [0.2, 0.25) is 0 Å². The summed E-state index contributed by atoms with van der Waals surface area (Å²) < 4.78 is 5.43. The standard InChI is InChI=1S/C19H22N2O4/c1-2-25-13-17-6-4-3-5-16(17)12-21-19(24)20-11-14-7-9-15(10-8-14)18(22)23/h3-10H,2,11-13H2,1H3,(H,22,23)(H2,20,21,24). The van der Waals surface area contributed by atoms with E-state index in [1.54, 1.807) is 12.1 Å². The van der Waals surface area contributed by atoms with E-state index in [1.807, 2.05) is 31.2 Å². The summed E-state index contributed by atoms with van der Waals surface area (Å²) >= 11 is 0. The number of rotatable bonds is 8. The van der Waals surface area contributed by atoms with Gasteiger partial charge in [-0.05, 0) is 35.7 Å². The van der Waals surface area contributed by atoms with Crippen molar-refractivity contribution in [1.82, 2.24) is 10.6 Å². The van der Waals surface area contributed by atoms with Crippen molar-refractivity contribution < 1.29 is 19.4 Å². The molecule has 0 aliphatic heterocycles. The van der Waals surface area contributed by atoms with Gasteiger partial charge < -0.3 is 20.5 Å². The molecule has 0 saturated heterocycles. The Morgan fingerprint density at radius 2 is 1.60 bits per heavy atom. The molecule has 0 atom stereocenters. The molecular weight excluding hydrogens is 320 g/mol. The van der Waals surface area contributed by atoms with Crippen LogP contribution in [0, 0.1) is 0 Å². The van der Waals surface area contributed by atoms with Gasteiger partial charge in [0.05, 0.1) is 12.2 Å². The molecule has 2 rings (SSSR count). The van der Waals surface area contributed by atoms with E-state index in [1.165, 1.54) is 12.1 Å². The molecule has 0 aromatic heterocycles. The zero-order chi connectivity index (χ0) is 18.1. The number of hydrogen-bond donors (Lipinski definition) is 3. The first kappa shape index (κ1) is 18.5. The lowest BCUT2D eigenvalue weighted by Crippen LogP contribution is -2.34. The Labute approximate surface area is 146 Å². The van der Waals surface area contributed by atoms with Gasteiger partial charge in [0.25, 0.3) is 0 Å². The molecular formula is C19H22N2O4. The largest absolute Gasteiger partial charge is 0.478 e. The minimum absolute atomic E-state index is 0.221. The molecule has 6 nitrogen and oxygen atoms in total. The van der Waals surface area contributed by atoms with Gasteiger partial charge in [0.15, 0.2) is 0 Å². The Hall–Kier alpha value is -2.86. The van der Waals surface area contributed by atoms with Crippen molar-refractivity contribution in [3.63, 3.8) is 0 Å². The molecule has 0 aliphatic carbocycles. The van der Waals surface area contributed by atoms with Gasteiger partial charge in [-0.2, -0.15) is 0 Å². The van der Waals surface area contributed by atoms with Crippen LogP contribution in [-0.4, -0.2) is 23.7 Å². The number of carbonyl (C=O) groups excluding carboxylic acids is 1. The number of amides is 2. The summed E-state index contributed by atoms with van der Waals surface area (Å²) in [5, 5.41) is 14.4. The third-order valence-electron chi connectivity index (χ3n) is 3.67.